The fourth-order valence-corrected chi connectivity index (χ4v) is 3.35. The molecule has 0 saturated heterocycles. The summed E-state index contributed by atoms with van der Waals surface area (Å²) in [6, 6.07) is 3.42. The normalized spacial score (nSPS) is 14.0. The van der Waals surface area contributed by atoms with Gasteiger partial charge < -0.3 is 23.8 Å². The number of ether oxygens (including phenoxy) is 4. The lowest BCUT2D eigenvalue weighted by Gasteiger charge is -2.29. The largest absolute Gasteiger partial charge is 0.493 e. The number of benzene rings is 1. The molecule has 0 atom stereocenters. The maximum absolute atomic E-state index is 13.2. The van der Waals surface area contributed by atoms with Crippen molar-refractivity contribution < 1.29 is 28.5 Å². The Labute approximate surface area is 154 Å². The molecule has 0 bridgehead atoms. The van der Waals surface area contributed by atoms with E-state index in [0.717, 1.165) is 25.7 Å². The van der Waals surface area contributed by atoms with E-state index in [1.807, 2.05) is 0 Å². The van der Waals surface area contributed by atoms with Crippen molar-refractivity contribution in [1.82, 2.24) is 4.90 Å². The Morgan fingerprint density at radius 3 is 2.04 bits per heavy atom. The molecule has 1 aromatic rings. The van der Waals surface area contributed by atoms with Crippen LogP contribution in [-0.4, -0.2) is 57.8 Å². The van der Waals surface area contributed by atoms with Crippen molar-refractivity contribution in [3.63, 3.8) is 0 Å². The van der Waals surface area contributed by atoms with Gasteiger partial charge in [-0.05, 0) is 25.0 Å². The number of amides is 1. The predicted molar refractivity (Wildman–Crippen MR) is 96.0 cm³/mol. The second-order valence-corrected chi connectivity index (χ2v) is 6.18. The summed E-state index contributed by atoms with van der Waals surface area (Å²) in [7, 11) is 5.89. The van der Waals surface area contributed by atoms with Gasteiger partial charge in [-0.25, -0.2) is 0 Å². The molecule has 0 aliphatic heterocycles. The van der Waals surface area contributed by atoms with Gasteiger partial charge in [-0.15, -0.1) is 0 Å². The van der Waals surface area contributed by atoms with Crippen LogP contribution in [0.4, 0.5) is 0 Å². The van der Waals surface area contributed by atoms with Crippen molar-refractivity contribution in [2.45, 2.75) is 38.1 Å². The first kappa shape index (κ1) is 19.9. The zero-order valence-electron chi connectivity index (χ0n) is 15.9. The van der Waals surface area contributed by atoms with Crippen molar-refractivity contribution in [3.05, 3.63) is 17.7 Å². The van der Waals surface area contributed by atoms with Gasteiger partial charge in [-0.3, -0.25) is 9.59 Å². The number of rotatable bonds is 8. The number of methoxy groups -OCH3 is 4. The fraction of sp³-hybridized carbons (Fsp3) is 0.579. The van der Waals surface area contributed by atoms with Crippen molar-refractivity contribution in [1.29, 1.82) is 0 Å². The molecule has 1 amide bonds. The fourth-order valence-electron chi connectivity index (χ4n) is 3.35. The van der Waals surface area contributed by atoms with Crippen LogP contribution in [0.2, 0.25) is 0 Å². The Hall–Kier alpha value is -2.44. The number of hydrogen-bond donors (Lipinski definition) is 0. The number of carbonyl (C=O) groups is 2. The van der Waals surface area contributed by atoms with Gasteiger partial charge >= 0.3 is 5.97 Å². The van der Waals surface area contributed by atoms with E-state index in [1.165, 1.54) is 28.4 Å². The molecule has 1 aliphatic rings. The zero-order chi connectivity index (χ0) is 19.1. The van der Waals surface area contributed by atoms with Gasteiger partial charge in [0.05, 0.1) is 34.9 Å². The van der Waals surface area contributed by atoms with Crippen LogP contribution in [0, 0.1) is 0 Å². The van der Waals surface area contributed by atoms with Crippen LogP contribution >= 0.6 is 0 Å². The van der Waals surface area contributed by atoms with Crippen molar-refractivity contribution in [3.8, 4) is 17.2 Å². The summed E-state index contributed by atoms with van der Waals surface area (Å²) < 4.78 is 20.7. The van der Waals surface area contributed by atoms with Crippen molar-refractivity contribution >= 4 is 11.9 Å². The van der Waals surface area contributed by atoms with Crippen LogP contribution in [0.15, 0.2) is 12.1 Å². The quantitative estimate of drug-likeness (QED) is 0.660. The predicted octanol–water partition coefficient (Wildman–Crippen LogP) is 2.66. The molecule has 7 nitrogen and oxygen atoms in total. The number of carbonyl (C=O) groups excluding carboxylic acids is 2. The number of esters is 1. The molecule has 1 aliphatic carbocycles. The minimum absolute atomic E-state index is 0.131. The summed E-state index contributed by atoms with van der Waals surface area (Å²) in [5.74, 6) is 0.809. The molecule has 0 spiro atoms. The molecule has 144 valence electrons. The van der Waals surface area contributed by atoms with E-state index in [4.69, 9.17) is 18.9 Å². The molecular formula is C19H27NO6. The van der Waals surface area contributed by atoms with E-state index in [2.05, 4.69) is 0 Å². The van der Waals surface area contributed by atoms with E-state index in [1.54, 1.807) is 17.0 Å². The summed E-state index contributed by atoms with van der Waals surface area (Å²) in [5, 5.41) is 0. The Kier molecular flexibility index (Phi) is 7.12. The van der Waals surface area contributed by atoms with Crippen LogP contribution in [0.5, 0.6) is 17.2 Å². The third-order valence-corrected chi connectivity index (χ3v) is 4.72. The summed E-state index contributed by atoms with van der Waals surface area (Å²) in [6.45, 7) is 0.326. The first-order valence-corrected chi connectivity index (χ1v) is 8.73. The lowest BCUT2D eigenvalue weighted by molar-refractivity contribution is -0.140. The lowest BCUT2D eigenvalue weighted by Crippen LogP contribution is -2.40. The molecule has 0 N–H and O–H groups in total. The van der Waals surface area contributed by atoms with E-state index in [0.29, 0.717) is 29.4 Å². The SMILES string of the molecule is COC(=O)CCN(C(=O)c1cc(OC)c(OC)c(OC)c1)C1CCCC1. The highest BCUT2D eigenvalue weighted by Crippen LogP contribution is 2.39. The smallest absolute Gasteiger partial charge is 0.307 e. The van der Waals surface area contributed by atoms with E-state index < -0.39 is 0 Å². The van der Waals surface area contributed by atoms with Gasteiger partial charge in [-0.2, -0.15) is 0 Å². The van der Waals surface area contributed by atoms with Gasteiger partial charge in [0.15, 0.2) is 11.5 Å². The Morgan fingerprint density at radius 2 is 1.58 bits per heavy atom. The Morgan fingerprint density at radius 1 is 1.00 bits per heavy atom. The molecule has 26 heavy (non-hydrogen) atoms. The standard InChI is InChI=1S/C19H27NO6/c1-23-15-11-13(12-16(24-2)18(15)26-4)19(22)20(10-9-17(21)25-3)14-7-5-6-8-14/h11-12,14H,5-10H2,1-4H3. The second kappa shape index (κ2) is 9.31. The topological polar surface area (TPSA) is 74.3 Å². The highest BCUT2D eigenvalue weighted by Gasteiger charge is 2.29. The summed E-state index contributed by atoms with van der Waals surface area (Å²) in [5.41, 5.74) is 0.441. The van der Waals surface area contributed by atoms with Gasteiger partial charge in [0, 0.05) is 18.2 Å². The van der Waals surface area contributed by atoms with E-state index in [9.17, 15) is 9.59 Å². The van der Waals surface area contributed by atoms with Crippen LogP contribution in [0.3, 0.4) is 0 Å². The highest BCUT2D eigenvalue weighted by molar-refractivity contribution is 5.96. The van der Waals surface area contributed by atoms with Gasteiger partial charge in [0.2, 0.25) is 5.75 Å². The lowest BCUT2D eigenvalue weighted by atomic mass is 10.1. The van der Waals surface area contributed by atoms with E-state index in [-0.39, 0.29) is 24.3 Å². The average Bonchev–Trinajstić information content (AvgIpc) is 3.20. The molecular weight excluding hydrogens is 338 g/mol. The third-order valence-electron chi connectivity index (χ3n) is 4.72. The molecule has 1 fully saturated rings. The maximum Gasteiger partial charge on any atom is 0.307 e. The van der Waals surface area contributed by atoms with Crippen LogP contribution < -0.4 is 14.2 Å². The molecule has 1 aromatic carbocycles. The summed E-state index contributed by atoms with van der Waals surface area (Å²) in [4.78, 5) is 26.5. The Bertz CT molecular complexity index is 614. The Balaban J connectivity index is 2.32. The van der Waals surface area contributed by atoms with Gasteiger partial charge in [-0.1, -0.05) is 12.8 Å². The summed E-state index contributed by atoms with van der Waals surface area (Å²) in [6.07, 6.45) is 4.22. The summed E-state index contributed by atoms with van der Waals surface area (Å²) >= 11 is 0. The minimum Gasteiger partial charge on any atom is -0.493 e. The number of hydrogen-bond acceptors (Lipinski definition) is 6. The van der Waals surface area contributed by atoms with Crippen molar-refractivity contribution in [2.24, 2.45) is 0 Å². The minimum atomic E-state index is -0.328. The maximum atomic E-state index is 13.2. The van der Waals surface area contributed by atoms with Crippen LogP contribution in [0.25, 0.3) is 0 Å². The van der Waals surface area contributed by atoms with Crippen LogP contribution in [0.1, 0.15) is 42.5 Å². The molecule has 0 heterocycles. The zero-order valence-corrected chi connectivity index (χ0v) is 15.9. The molecule has 2 rings (SSSR count). The molecule has 0 aromatic heterocycles. The van der Waals surface area contributed by atoms with Gasteiger partial charge in [0.25, 0.3) is 5.91 Å². The molecule has 1 saturated carbocycles. The van der Waals surface area contributed by atoms with E-state index >= 15 is 0 Å². The van der Waals surface area contributed by atoms with Gasteiger partial charge in [0.1, 0.15) is 0 Å². The average molecular weight is 365 g/mol. The molecule has 7 heteroatoms. The monoisotopic (exact) mass is 365 g/mol. The first-order valence-electron chi connectivity index (χ1n) is 8.73. The second-order valence-electron chi connectivity index (χ2n) is 6.18. The van der Waals surface area contributed by atoms with Crippen LogP contribution in [-0.2, 0) is 9.53 Å². The van der Waals surface area contributed by atoms with Crippen molar-refractivity contribution in [2.75, 3.05) is 35.0 Å². The first-order chi connectivity index (χ1) is 12.5. The molecule has 0 unspecified atom stereocenters. The highest BCUT2D eigenvalue weighted by atomic mass is 16.5. The third kappa shape index (κ3) is 4.39. The number of nitrogens with zero attached hydrogens (tertiary/aromatic N) is 1. The molecule has 0 radical (unpaired) electrons.